The number of hydrogen-bond donors (Lipinski definition) is 1. The van der Waals surface area contributed by atoms with Crippen LogP contribution in [0.25, 0.3) is 11.1 Å². The third kappa shape index (κ3) is 2.97. The molecule has 0 saturated heterocycles. The smallest absolute Gasteiger partial charge is 0.337 e. The molecule has 7 heteroatoms. The molecule has 0 aliphatic heterocycles. The molecule has 21 heavy (non-hydrogen) atoms. The molecule has 1 unspecified atom stereocenters. The normalized spacial score (nSPS) is 12.1. The molecule has 110 valence electrons. The van der Waals surface area contributed by atoms with Crippen LogP contribution in [0.4, 0.5) is 8.78 Å². The summed E-state index contributed by atoms with van der Waals surface area (Å²) < 4.78 is 33.2. The number of carboxylic acids is 1. The molecular weight excluding hydrogens is 284 g/mol. The molecule has 0 bridgehead atoms. The Bertz CT molecular complexity index is 650. The fourth-order valence-electron chi connectivity index (χ4n) is 1.95. The van der Waals surface area contributed by atoms with Gasteiger partial charge in [0.2, 0.25) is 0 Å². The van der Waals surface area contributed by atoms with Crippen molar-refractivity contribution in [3.8, 4) is 11.1 Å². The van der Waals surface area contributed by atoms with Crippen molar-refractivity contribution in [3.63, 3.8) is 0 Å². The van der Waals surface area contributed by atoms with Crippen LogP contribution in [0.15, 0.2) is 36.7 Å². The molecule has 1 atom stereocenters. The third-order valence-corrected chi connectivity index (χ3v) is 2.94. The average Bonchev–Trinajstić information content (AvgIpc) is 2.42. The number of carbonyl (C=O) groups is 1. The molecule has 0 radical (unpaired) electrons. The van der Waals surface area contributed by atoms with Crippen LogP contribution in [0.5, 0.6) is 0 Å². The Morgan fingerprint density at radius 3 is 2.19 bits per heavy atom. The highest BCUT2D eigenvalue weighted by atomic mass is 19.1. The maximum absolute atomic E-state index is 14.0. The Morgan fingerprint density at radius 2 is 1.76 bits per heavy atom. The van der Waals surface area contributed by atoms with Crippen molar-refractivity contribution in [1.82, 2.24) is 0 Å². The van der Waals surface area contributed by atoms with Gasteiger partial charge in [-0.1, -0.05) is 0 Å². The first-order valence-electron chi connectivity index (χ1n) is 5.87. The van der Waals surface area contributed by atoms with Gasteiger partial charge in [-0.25, -0.2) is 13.6 Å². The predicted octanol–water partition coefficient (Wildman–Crippen LogP) is 2.04. The summed E-state index contributed by atoms with van der Waals surface area (Å²) in [6.45, 7) is 0. The first kappa shape index (κ1) is 14.9. The molecule has 2 aromatic rings. The van der Waals surface area contributed by atoms with Crippen molar-refractivity contribution in [3.05, 3.63) is 59.1 Å². The Balaban J connectivity index is 2.50. The summed E-state index contributed by atoms with van der Waals surface area (Å²) in [4.78, 5) is 10.9. The maximum Gasteiger partial charge on any atom is 0.337 e. The number of carboxylic acid groups (broad SMARTS) is 1. The number of aliphatic carboxylic acids is 1. The van der Waals surface area contributed by atoms with Gasteiger partial charge in [0, 0.05) is 19.2 Å². The van der Waals surface area contributed by atoms with E-state index in [1.807, 2.05) is 0 Å². The van der Waals surface area contributed by atoms with E-state index >= 15 is 0 Å². The van der Waals surface area contributed by atoms with Gasteiger partial charge in [-0.2, -0.15) is 4.73 Å². The molecule has 0 spiro atoms. The van der Waals surface area contributed by atoms with Crippen LogP contribution in [0.3, 0.4) is 0 Å². The van der Waals surface area contributed by atoms with E-state index in [1.54, 1.807) is 0 Å². The molecule has 5 nitrogen and oxygen atoms in total. The molecule has 1 N–H and O–H groups in total. The van der Waals surface area contributed by atoms with Gasteiger partial charge in [-0.15, -0.1) is 0 Å². The van der Waals surface area contributed by atoms with E-state index in [4.69, 9.17) is 5.11 Å². The van der Waals surface area contributed by atoms with Gasteiger partial charge < -0.3 is 15.1 Å². The van der Waals surface area contributed by atoms with E-state index < -0.39 is 29.3 Å². The monoisotopic (exact) mass is 295 g/mol. The van der Waals surface area contributed by atoms with Gasteiger partial charge >= 0.3 is 5.97 Å². The number of rotatable bonds is 4. The lowest BCUT2D eigenvalue weighted by molar-refractivity contribution is -0.605. The highest BCUT2D eigenvalue weighted by molar-refractivity contribution is 5.75. The zero-order chi connectivity index (χ0) is 15.6. The van der Waals surface area contributed by atoms with E-state index in [0.717, 1.165) is 19.2 Å². The van der Waals surface area contributed by atoms with E-state index in [0.29, 0.717) is 10.3 Å². The number of aromatic nitrogens is 1. The third-order valence-electron chi connectivity index (χ3n) is 2.94. The Labute approximate surface area is 118 Å². The van der Waals surface area contributed by atoms with Crippen molar-refractivity contribution in [1.29, 1.82) is 0 Å². The SMILES string of the molecule is COC(C(=O)O)c1c(F)cc(-c2cc[n+]([O-])cc2)cc1F. The average molecular weight is 295 g/mol. The second-order valence-electron chi connectivity index (χ2n) is 4.25. The van der Waals surface area contributed by atoms with E-state index in [1.165, 1.54) is 24.5 Å². The Morgan fingerprint density at radius 1 is 1.24 bits per heavy atom. The molecule has 2 rings (SSSR count). The Kier molecular flexibility index (Phi) is 4.13. The first-order chi connectivity index (χ1) is 9.93. The van der Waals surface area contributed by atoms with E-state index in [9.17, 15) is 18.8 Å². The number of hydrogen-bond acceptors (Lipinski definition) is 3. The highest BCUT2D eigenvalue weighted by Gasteiger charge is 2.27. The number of nitrogens with zero attached hydrogens (tertiary/aromatic N) is 1. The summed E-state index contributed by atoms with van der Waals surface area (Å²) >= 11 is 0. The summed E-state index contributed by atoms with van der Waals surface area (Å²) in [6.07, 6.45) is 0.654. The minimum absolute atomic E-state index is 0.189. The largest absolute Gasteiger partial charge is 0.619 e. The summed E-state index contributed by atoms with van der Waals surface area (Å²) in [5.74, 6) is -3.55. The summed E-state index contributed by atoms with van der Waals surface area (Å²) in [6, 6.07) is 4.79. The zero-order valence-electron chi connectivity index (χ0n) is 10.9. The van der Waals surface area contributed by atoms with Crippen molar-refractivity contribution in [2.24, 2.45) is 0 Å². The van der Waals surface area contributed by atoms with Crippen LogP contribution >= 0.6 is 0 Å². The summed E-state index contributed by atoms with van der Waals surface area (Å²) in [7, 11) is 1.05. The molecule has 1 aromatic carbocycles. The van der Waals surface area contributed by atoms with Crippen LogP contribution < -0.4 is 4.73 Å². The van der Waals surface area contributed by atoms with Crippen LogP contribution in [0.1, 0.15) is 11.7 Å². The van der Waals surface area contributed by atoms with Crippen molar-refractivity contribution in [2.75, 3.05) is 7.11 Å². The van der Waals surface area contributed by atoms with Gasteiger partial charge in [-0.3, -0.25) is 0 Å². The zero-order valence-corrected chi connectivity index (χ0v) is 10.9. The van der Waals surface area contributed by atoms with Crippen LogP contribution in [0.2, 0.25) is 0 Å². The maximum atomic E-state index is 14.0. The Hall–Kier alpha value is -2.54. The second kappa shape index (κ2) is 5.84. The fraction of sp³-hybridized carbons (Fsp3) is 0.143. The number of ether oxygens (including phenoxy) is 1. The molecule has 1 heterocycles. The van der Waals surface area contributed by atoms with Crippen LogP contribution in [-0.4, -0.2) is 18.2 Å². The van der Waals surface area contributed by atoms with Crippen molar-refractivity contribution in [2.45, 2.75) is 6.10 Å². The standard InChI is InChI=1S/C14H11F2NO4/c1-21-13(14(18)19)12-10(15)6-9(7-11(12)16)8-2-4-17(20)5-3-8/h2-7,13H,1H3,(H,18,19). The first-order valence-corrected chi connectivity index (χ1v) is 5.87. The van der Waals surface area contributed by atoms with Gasteiger partial charge in [0.1, 0.15) is 11.6 Å². The minimum atomic E-state index is -1.72. The lowest BCUT2D eigenvalue weighted by Crippen LogP contribution is -2.23. The summed E-state index contributed by atoms with van der Waals surface area (Å²) in [5.41, 5.74) is -0.0473. The van der Waals surface area contributed by atoms with Gasteiger partial charge in [-0.05, 0) is 23.3 Å². The topological polar surface area (TPSA) is 73.5 Å². The number of benzene rings is 1. The number of methoxy groups -OCH3 is 1. The molecule has 0 aliphatic rings. The van der Waals surface area contributed by atoms with Crippen LogP contribution in [-0.2, 0) is 9.53 Å². The van der Waals surface area contributed by atoms with Gasteiger partial charge in [0.15, 0.2) is 18.5 Å². The molecular formula is C14H11F2NO4. The molecule has 1 aromatic heterocycles. The number of pyridine rings is 1. The van der Waals surface area contributed by atoms with E-state index in [-0.39, 0.29) is 5.56 Å². The fourth-order valence-corrected chi connectivity index (χ4v) is 1.95. The summed E-state index contributed by atoms with van der Waals surface area (Å²) in [5, 5.41) is 19.8. The minimum Gasteiger partial charge on any atom is -0.619 e. The van der Waals surface area contributed by atoms with Gasteiger partial charge in [0.25, 0.3) is 0 Å². The lowest BCUT2D eigenvalue weighted by atomic mass is 10.0. The van der Waals surface area contributed by atoms with Crippen LogP contribution in [0, 0.1) is 16.8 Å². The quantitative estimate of drug-likeness (QED) is 0.692. The van der Waals surface area contributed by atoms with Crippen molar-refractivity contribution < 1.29 is 28.1 Å². The molecule has 0 aliphatic carbocycles. The van der Waals surface area contributed by atoms with Gasteiger partial charge in [0.05, 0.1) is 5.56 Å². The molecule has 0 fully saturated rings. The van der Waals surface area contributed by atoms with Crippen molar-refractivity contribution >= 4 is 5.97 Å². The lowest BCUT2D eigenvalue weighted by Gasteiger charge is -2.14. The number of halogens is 2. The molecule has 0 saturated carbocycles. The van der Waals surface area contributed by atoms with E-state index in [2.05, 4.69) is 4.74 Å². The second-order valence-corrected chi connectivity index (χ2v) is 4.25. The predicted molar refractivity (Wildman–Crippen MR) is 68.1 cm³/mol. The highest BCUT2D eigenvalue weighted by Crippen LogP contribution is 2.29. The molecule has 0 amide bonds.